The number of carbonyl (C=O) groups is 3. The maximum atomic E-state index is 13.2. The van der Waals surface area contributed by atoms with Crippen molar-refractivity contribution in [3.05, 3.63) is 29.8 Å². The molecule has 2 rings (SSSR count). The number of benzene rings is 1. The Morgan fingerprint density at radius 3 is 2.43 bits per heavy atom. The summed E-state index contributed by atoms with van der Waals surface area (Å²) in [6.45, 7) is 5.07. The van der Waals surface area contributed by atoms with Gasteiger partial charge in [-0.1, -0.05) is 32.4 Å². The Balaban J connectivity index is 2.16. The summed E-state index contributed by atoms with van der Waals surface area (Å²) in [5.41, 5.74) is 0.683. The van der Waals surface area contributed by atoms with Gasteiger partial charge < -0.3 is 30.1 Å². The number of aliphatic carboxylic acids is 1. The molecule has 1 fully saturated rings. The zero-order valence-corrected chi connectivity index (χ0v) is 22.4. The standard InChI is InChI=1S/C24H38N3O9P/c1-4-16(3)22(27-37(32,33)35-5-2)24(31)26-19(23(30)25-15-20(28)29)14-17-9-11-18(12-10-17)36-21-8-6-7-13-34-21/h9-12,16,19,21-22H,4-8,13-15H2,1-3H3,(H,25,30)(H,26,31)(H,28,29)(H2,27,32,33)/t16-,19?,21?,22-/m0/s1. The van der Waals surface area contributed by atoms with E-state index in [1.165, 1.54) is 0 Å². The van der Waals surface area contributed by atoms with E-state index in [-0.39, 0.29) is 25.2 Å². The Morgan fingerprint density at radius 2 is 1.86 bits per heavy atom. The average molecular weight is 544 g/mol. The van der Waals surface area contributed by atoms with Gasteiger partial charge in [-0.05, 0) is 43.4 Å². The quantitative estimate of drug-likeness (QED) is 0.206. The summed E-state index contributed by atoms with van der Waals surface area (Å²) in [5, 5.41) is 16.2. The molecule has 208 valence electrons. The van der Waals surface area contributed by atoms with Gasteiger partial charge in [0.05, 0.1) is 19.3 Å². The van der Waals surface area contributed by atoms with Crippen LogP contribution in [0.1, 0.15) is 52.0 Å². The predicted molar refractivity (Wildman–Crippen MR) is 135 cm³/mol. The van der Waals surface area contributed by atoms with Crippen LogP contribution in [0.15, 0.2) is 24.3 Å². The zero-order valence-electron chi connectivity index (χ0n) is 21.5. The van der Waals surface area contributed by atoms with Crippen LogP contribution in [-0.4, -0.2) is 65.9 Å². The lowest BCUT2D eigenvalue weighted by atomic mass is 9.98. The van der Waals surface area contributed by atoms with Crippen molar-refractivity contribution in [2.75, 3.05) is 19.8 Å². The van der Waals surface area contributed by atoms with Crippen LogP contribution in [0.25, 0.3) is 0 Å². The maximum Gasteiger partial charge on any atom is 0.403 e. The van der Waals surface area contributed by atoms with Crippen molar-refractivity contribution in [1.82, 2.24) is 15.7 Å². The smallest absolute Gasteiger partial charge is 0.403 e. The van der Waals surface area contributed by atoms with E-state index in [0.717, 1.165) is 19.3 Å². The zero-order chi connectivity index (χ0) is 27.4. The number of hydrogen-bond donors (Lipinski definition) is 5. The Kier molecular flexibility index (Phi) is 12.5. The van der Waals surface area contributed by atoms with Crippen molar-refractivity contribution < 1.29 is 42.9 Å². The van der Waals surface area contributed by atoms with Crippen LogP contribution in [0, 0.1) is 5.92 Å². The monoisotopic (exact) mass is 543 g/mol. The van der Waals surface area contributed by atoms with Gasteiger partial charge in [0.15, 0.2) is 6.29 Å². The lowest BCUT2D eigenvalue weighted by Gasteiger charge is -2.27. The first-order valence-electron chi connectivity index (χ1n) is 12.5. The predicted octanol–water partition coefficient (Wildman–Crippen LogP) is 1.96. The number of amides is 2. The highest BCUT2D eigenvalue weighted by molar-refractivity contribution is 7.50. The maximum absolute atomic E-state index is 13.2. The lowest BCUT2D eigenvalue weighted by molar-refractivity contribution is -0.138. The molecule has 12 nitrogen and oxygen atoms in total. The highest BCUT2D eigenvalue weighted by atomic mass is 31.2. The first kappa shape index (κ1) is 30.7. The Hall–Kier alpha value is -2.50. The lowest BCUT2D eigenvalue weighted by Crippen LogP contribution is -2.55. The third-order valence-corrected chi connectivity index (χ3v) is 7.13. The van der Waals surface area contributed by atoms with Gasteiger partial charge in [0.2, 0.25) is 11.8 Å². The van der Waals surface area contributed by atoms with Crippen molar-refractivity contribution in [1.29, 1.82) is 0 Å². The summed E-state index contributed by atoms with van der Waals surface area (Å²) in [5.74, 6) is -2.40. The fourth-order valence-corrected chi connectivity index (χ4v) is 4.87. The van der Waals surface area contributed by atoms with Crippen LogP contribution in [0.2, 0.25) is 0 Å². The first-order valence-corrected chi connectivity index (χ1v) is 14.0. The molecule has 1 saturated heterocycles. The number of nitrogens with one attached hydrogen (secondary N) is 3. The van der Waals surface area contributed by atoms with Crippen LogP contribution in [0.5, 0.6) is 5.75 Å². The third-order valence-electron chi connectivity index (χ3n) is 5.92. The number of rotatable bonds is 15. The van der Waals surface area contributed by atoms with E-state index in [4.69, 9.17) is 19.1 Å². The fourth-order valence-electron chi connectivity index (χ4n) is 3.72. The molecule has 1 aromatic carbocycles. The minimum atomic E-state index is -4.26. The molecule has 3 unspecified atom stereocenters. The normalized spacial score (nSPS) is 19.6. The summed E-state index contributed by atoms with van der Waals surface area (Å²) in [6.07, 6.45) is 3.07. The van der Waals surface area contributed by atoms with Crippen LogP contribution in [0.3, 0.4) is 0 Å². The van der Waals surface area contributed by atoms with Gasteiger partial charge in [0, 0.05) is 12.8 Å². The number of ether oxygens (including phenoxy) is 2. The summed E-state index contributed by atoms with van der Waals surface area (Å²) < 4.78 is 28.5. The summed E-state index contributed by atoms with van der Waals surface area (Å²) >= 11 is 0. The molecule has 0 saturated carbocycles. The van der Waals surface area contributed by atoms with Crippen molar-refractivity contribution in [3.8, 4) is 5.75 Å². The van der Waals surface area contributed by atoms with Crippen molar-refractivity contribution in [2.45, 2.75) is 71.2 Å². The molecule has 5 N–H and O–H groups in total. The number of carboxylic acid groups (broad SMARTS) is 1. The molecule has 2 amide bonds. The van der Waals surface area contributed by atoms with E-state index in [1.807, 2.05) is 6.92 Å². The van der Waals surface area contributed by atoms with Gasteiger partial charge >= 0.3 is 13.7 Å². The topological polar surface area (TPSA) is 173 Å². The van der Waals surface area contributed by atoms with E-state index in [0.29, 0.717) is 24.3 Å². The minimum absolute atomic E-state index is 0.0393. The molecule has 1 heterocycles. The largest absolute Gasteiger partial charge is 0.480 e. The van der Waals surface area contributed by atoms with Crippen LogP contribution < -0.4 is 20.5 Å². The molecule has 1 aromatic rings. The molecule has 0 bridgehead atoms. The molecule has 0 radical (unpaired) electrons. The second-order valence-corrected chi connectivity index (χ2v) is 10.4. The van der Waals surface area contributed by atoms with Gasteiger partial charge in [0.1, 0.15) is 18.3 Å². The molecule has 5 atom stereocenters. The summed E-state index contributed by atoms with van der Waals surface area (Å²) in [4.78, 5) is 46.9. The van der Waals surface area contributed by atoms with E-state index in [2.05, 4.69) is 15.7 Å². The Labute approximate surface area is 217 Å². The van der Waals surface area contributed by atoms with Gasteiger partial charge in [-0.15, -0.1) is 0 Å². The molecule has 37 heavy (non-hydrogen) atoms. The van der Waals surface area contributed by atoms with Crippen LogP contribution in [-0.2, 0) is 34.6 Å². The Morgan fingerprint density at radius 1 is 1.16 bits per heavy atom. The Bertz CT molecular complexity index is 938. The third kappa shape index (κ3) is 10.8. The number of hydrogen-bond acceptors (Lipinski definition) is 7. The van der Waals surface area contributed by atoms with Gasteiger partial charge in [0.25, 0.3) is 0 Å². The molecule has 13 heteroatoms. The first-order chi connectivity index (χ1) is 17.5. The molecule has 0 aliphatic carbocycles. The molecule has 1 aliphatic rings. The second kappa shape index (κ2) is 15.0. The van der Waals surface area contributed by atoms with Gasteiger partial charge in [-0.2, -0.15) is 0 Å². The minimum Gasteiger partial charge on any atom is -0.480 e. The summed E-state index contributed by atoms with van der Waals surface area (Å²) in [6, 6.07) is 4.67. The SMILES string of the molecule is CCOP(=O)(O)N[C@H](C(=O)NC(Cc1ccc(OC2CCCCO2)cc1)C(=O)NCC(=O)O)[C@@H](C)CC. The van der Waals surface area contributed by atoms with Gasteiger partial charge in [-0.25, -0.2) is 9.65 Å². The fraction of sp³-hybridized carbons (Fsp3) is 0.625. The van der Waals surface area contributed by atoms with Crippen LogP contribution >= 0.6 is 7.75 Å². The van der Waals surface area contributed by atoms with Gasteiger partial charge in [-0.3, -0.25) is 18.9 Å². The van der Waals surface area contributed by atoms with E-state index < -0.39 is 44.2 Å². The summed E-state index contributed by atoms with van der Waals surface area (Å²) in [7, 11) is -4.26. The molecular weight excluding hydrogens is 505 g/mol. The van der Waals surface area contributed by atoms with E-state index in [9.17, 15) is 23.8 Å². The van der Waals surface area contributed by atoms with E-state index in [1.54, 1.807) is 38.1 Å². The molecule has 0 spiro atoms. The molecule has 0 aromatic heterocycles. The van der Waals surface area contributed by atoms with Crippen molar-refractivity contribution in [3.63, 3.8) is 0 Å². The van der Waals surface area contributed by atoms with Crippen molar-refractivity contribution >= 4 is 25.5 Å². The number of carboxylic acids is 1. The molecule has 1 aliphatic heterocycles. The molecular formula is C24H38N3O9P. The average Bonchev–Trinajstić information content (AvgIpc) is 2.86. The van der Waals surface area contributed by atoms with Crippen LogP contribution in [0.4, 0.5) is 0 Å². The number of carbonyl (C=O) groups excluding carboxylic acids is 2. The highest BCUT2D eigenvalue weighted by Crippen LogP contribution is 2.38. The highest BCUT2D eigenvalue weighted by Gasteiger charge is 2.34. The van der Waals surface area contributed by atoms with Crippen molar-refractivity contribution in [2.24, 2.45) is 5.92 Å². The van der Waals surface area contributed by atoms with E-state index >= 15 is 0 Å². The second-order valence-electron chi connectivity index (χ2n) is 8.87.